The molecule has 2 aromatic rings. The topological polar surface area (TPSA) is 71.6 Å². The summed E-state index contributed by atoms with van der Waals surface area (Å²) < 4.78 is 11.9. The Balaban J connectivity index is 1.55. The number of aromatic amines is 1. The van der Waals surface area contributed by atoms with E-state index in [4.69, 9.17) is 9.47 Å². The van der Waals surface area contributed by atoms with Crippen LogP contribution < -0.4 is 5.56 Å². The lowest BCUT2D eigenvalue weighted by Crippen LogP contribution is -2.42. The highest BCUT2D eigenvalue weighted by Gasteiger charge is 2.54. The Labute approximate surface area is 151 Å². The number of hydrogen-bond acceptors (Lipinski definition) is 4. The summed E-state index contributed by atoms with van der Waals surface area (Å²) in [7, 11) is 1.66. The number of aromatic nitrogens is 1. The zero-order valence-corrected chi connectivity index (χ0v) is 14.7. The molecular weight excluding hydrogens is 332 g/mol. The first-order valence-electron chi connectivity index (χ1n) is 8.81. The number of hydrogen-bond donors (Lipinski definition) is 1. The average molecular weight is 354 g/mol. The molecule has 6 nitrogen and oxygen atoms in total. The van der Waals surface area contributed by atoms with Gasteiger partial charge in [0.25, 0.3) is 5.91 Å². The maximum Gasteiger partial charge on any atom is 0.254 e. The Morgan fingerprint density at radius 1 is 1.31 bits per heavy atom. The smallest absolute Gasteiger partial charge is 0.254 e. The van der Waals surface area contributed by atoms with E-state index in [1.807, 2.05) is 18.2 Å². The number of H-pyrrole nitrogens is 1. The van der Waals surface area contributed by atoms with Gasteiger partial charge in [-0.1, -0.05) is 30.3 Å². The SMILES string of the molecule is CO[C@@H]1CN(C(=O)c2cc[nH]c(=O)c2)C[C@]12C[C@H](c1ccccc1)CO2. The third kappa shape index (κ3) is 2.95. The van der Waals surface area contributed by atoms with Gasteiger partial charge in [-0.05, 0) is 18.1 Å². The summed E-state index contributed by atoms with van der Waals surface area (Å²) >= 11 is 0. The van der Waals surface area contributed by atoms with Crippen LogP contribution in [0.25, 0.3) is 0 Å². The van der Waals surface area contributed by atoms with Crippen molar-refractivity contribution in [2.75, 3.05) is 26.8 Å². The molecule has 1 aromatic carbocycles. The summed E-state index contributed by atoms with van der Waals surface area (Å²) in [5.41, 5.74) is 0.859. The van der Waals surface area contributed by atoms with Gasteiger partial charge in [-0.3, -0.25) is 9.59 Å². The van der Waals surface area contributed by atoms with E-state index in [0.29, 0.717) is 31.2 Å². The number of methoxy groups -OCH3 is 1. The van der Waals surface area contributed by atoms with Gasteiger partial charge in [0.05, 0.1) is 19.7 Å². The van der Waals surface area contributed by atoms with E-state index < -0.39 is 5.60 Å². The van der Waals surface area contributed by atoms with Crippen LogP contribution in [-0.4, -0.2) is 54.3 Å². The number of nitrogens with one attached hydrogen (secondary N) is 1. The van der Waals surface area contributed by atoms with Crippen LogP contribution in [0.5, 0.6) is 0 Å². The molecule has 3 atom stereocenters. The van der Waals surface area contributed by atoms with Crippen LogP contribution in [0, 0.1) is 0 Å². The highest BCUT2D eigenvalue weighted by molar-refractivity contribution is 5.94. The van der Waals surface area contributed by atoms with Gasteiger partial charge in [0.15, 0.2) is 0 Å². The number of nitrogens with zero attached hydrogens (tertiary/aromatic N) is 1. The van der Waals surface area contributed by atoms with E-state index in [9.17, 15) is 9.59 Å². The number of likely N-dealkylation sites (tertiary alicyclic amines) is 1. The van der Waals surface area contributed by atoms with Crippen molar-refractivity contribution < 1.29 is 14.3 Å². The number of carbonyl (C=O) groups is 1. The Kier molecular flexibility index (Phi) is 4.38. The van der Waals surface area contributed by atoms with E-state index >= 15 is 0 Å². The lowest BCUT2D eigenvalue weighted by molar-refractivity contribution is -0.0755. The number of carbonyl (C=O) groups excluding carboxylic acids is 1. The molecule has 2 aliphatic heterocycles. The Hall–Kier alpha value is -2.44. The van der Waals surface area contributed by atoms with Crippen molar-refractivity contribution in [1.82, 2.24) is 9.88 Å². The summed E-state index contributed by atoms with van der Waals surface area (Å²) in [5, 5.41) is 0. The molecule has 2 aliphatic rings. The van der Waals surface area contributed by atoms with Crippen molar-refractivity contribution in [3.8, 4) is 0 Å². The molecule has 0 aliphatic carbocycles. The standard InChI is InChI=1S/C20H22N2O4/c1-25-17-11-22(19(24)15-7-8-21-18(23)9-15)13-20(17)10-16(12-26-20)14-5-3-2-4-6-14/h2-9,16-17H,10-13H2,1H3,(H,21,23)/t16-,17+,20+/m0/s1. The van der Waals surface area contributed by atoms with Gasteiger partial charge >= 0.3 is 0 Å². The largest absolute Gasteiger partial charge is 0.377 e. The van der Waals surface area contributed by atoms with E-state index in [-0.39, 0.29) is 17.6 Å². The molecule has 1 N–H and O–H groups in total. The lowest BCUT2D eigenvalue weighted by Gasteiger charge is -2.28. The molecular formula is C20H22N2O4. The van der Waals surface area contributed by atoms with Gasteiger partial charge in [-0.25, -0.2) is 0 Å². The maximum absolute atomic E-state index is 12.8. The van der Waals surface area contributed by atoms with Crippen molar-refractivity contribution in [3.63, 3.8) is 0 Å². The quantitative estimate of drug-likeness (QED) is 0.912. The number of ether oxygens (including phenoxy) is 2. The van der Waals surface area contributed by atoms with E-state index in [1.165, 1.54) is 17.8 Å². The van der Waals surface area contributed by atoms with Crippen molar-refractivity contribution >= 4 is 5.91 Å². The molecule has 0 saturated carbocycles. The minimum Gasteiger partial charge on any atom is -0.377 e. The Morgan fingerprint density at radius 3 is 2.85 bits per heavy atom. The van der Waals surface area contributed by atoms with Crippen LogP contribution in [0.3, 0.4) is 0 Å². The fourth-order valence-corrected chi connectivity index (χ4v) is 4.14. The molecule has 136 valence electrons. The normalized spacial score (nSPS) is 28.0. The monoisotopic (exact) mass is 354 g/mol. The molecule has 1 spiro atoms. The molecule has 2 saturated heterocycles. The first-order chi connectivity index (χ1) is 12.6. The molecule has 0 unspecified atom stereocenters. The van der Waals surface area contributed by atoms with Crippen LogP contribution in [-0.2, 0) is 9.47 Å². The number of benzene rings is 1. The van der Waals surface area contributed by atoms with E-state index in [1.54, 1.807) is 18.1 Å². The van der Waals surface area contributed by atoms with Crippen LogP contribution in [0.15, 0.2) is 53.5 Å². The van der Waals surface area contributed by atoms with Crippen molar-refractivity contribution in [1.29, 1.82) is 0 Å². The molecule has 0 radical (unpaired) electrons. The Bertz CT molecular complexity index is 850. The third-order valence-corrected chi connectivity index (χ3v) is 5.46. The number of rotatable bonds is 3. The zero-order chi connectivity index (χ0) is 18.1. The van der Waals surface area contributed by atoms with Gasteiger partial charge < -0.3 is 19.4 Å². The molecule has 4 rings (SSSR count). The van der Waals surface area contributed by atoms with Gasteiger partial charge in [-0.15, -0.1) is 0 Å². The third-order valence-electron chi connectivity index (χ3n) is 5.46. The molecule has 26 heavy (non-hydrogen) atoms. The van der Waals surface area contributed by atoms with E-state index in [2.05, 4.69) is 17.1 Å². The predicted molar refractivity (Wildman–Crippen MR) is 96.2 cm³/mol. The molecule has 6 heteroatoms. The minimum atomic E-state index is -0.494. The summed E-state index contributed by atoms with van der Waals surface area (Å²) in [6.07, 6.45) is 2.13. The zero-order valence-electron chi connectivity index (χ0n) is 14.7. The second kappa shape index (κ2) is 6.70. The van der Waals surface area contributed by atoms with Gasteiger partial charge in [0.2, 0.25) is 5.56 Å². The molecule has 3 heterocycles. The van der Waals surface area contributed by atoms with Crippen molar-refractivity contribution in [2.24, 2.45) is 0 Å². The average Bonchev–Trinajstić information content (AvgIpc) is 3.26. The molecule has 2 fully saturated rings. The second-order valence-corrected chi connectivity index (χ2v) is 7.04. The summed E-state index contributed by atoms with van der Waals surface area (Å²) in [4.78, 5) is 28.6. The van der Waals surface area contributed by atoms with Crippen molar-refractivity contribution in [2.45, 2.75) is 24.0 Å². The first kappa shape index (κ1) is 17.0. The summed E-state index contributed by atoms with van der Waals surface area (Å²) in [5.74, 6) is 0.130. The first-order valence-corrected chi connectivity index (χ1v) is 8.81. The van der Waals surface area contributed by atoms with Gasteiger partial charge in [-0.2, -0.15) is 0 Å². The highest BCUT2D eigenvalue weighted by atomic mass is 16.6. The van der Waals surface area contributed by atoms with Crippen LogP contribution in [0.4, 0.5) is 0 Å². The fraction of sp³-hybridized carbons (Fsp3) is 0.400. The van der Waals surface area contributed by atoms with Crippen LogP contribution in [0.2, 0.25) is 0 Å². The fourth-order valence-electron chi connectivity index (χ4n) is 4.14. The maximum atomic E-state index is 12.8. The van der Waals surface area contributed by atoms with Gasteiger partial charge in [0, 0.05) is 30.9 Å². The highest BCUT2D eigenvalue weighted by Crippen LogP contribution is 2.43. The van der Waals surface area contributed by atoms with Crippen LogP contribution >= 0.6 is 0 Å². The van der Waals surface area contributed by atoms with Gasteiger partial charge in [0.1, 0.15) is 11.7 Å². The Morgan fingerprint density at radius 2 is 2.12 bits per heavy atom. The summed E-state index contributed by atoms with van der Waals surface area (Å²) in [6.45, 7) is 1.56. The molecule has 0 bridgehead atoms. The lowest BCUT2D eigenvalue weighted by atomic mass is 9.87. The minimum absolute atomic E-state index is 0.165. The second-order valence-electron chi connectivity index (χ2n) is 7.04. The number of amides is 1. The summed E-state index contributed by atoms with van der Waals surface area (Å²) in [6, 6.07) is 13.3. The number of pyridine rings is 1. The van der Waals surface area contributed by atoms with Crippen LogP contribution in [0.1, 0.15) is 28.3 Å². The van der Waals surface area contributed by atoms with E-state index in [0.717, 1.165) is 6.42 Å². The predicted octanol–water partition coefficient (Wildman–Crippen LogP) is 1.79. The molecule has 1 amide bonds. The van der Waals surface area contributed by atoms with Crippen molar-refractivity contribution in [3.05, 3.63) is 70.1 Å². The molecule has 1 aromatic heterocycles.